The number of rotatable bonds is 10. The Balaban J connectivity index is 2.29. The molecule has 2 aromatic rings. The minimum atomic E-state index is -0.225. The average molecular weight is 406 g/mol. The van der Waals surface area contributed by atoms with Crippen LogP contribution in [0.1, 0.15) is 15.2 Å². The number of carbonyl (C=O) groups excluding carboxylic acids is 2. The maximum Gasteiger partial charge on any atom is 0.264 e. The van der Waals surface area contributed by atoms with Crippen molar-refractivity contribution in [2.75, 3.05) is 58.3 Å². The van der Waals surface area contributed by atoms with E-state index in [1.54, 1.807) is 12.0 Å². The van der Waals surface area contributed by atoms with Crippen molar-refractivity contribution >= 4 is 34.5 Å². The summed E-state index contributed by atoms with van der Waals surface area (Å²) in [6.07, 6.45) is 0. The van der Waals surface area contributed by atoms with Crippen molar-refractivity contribution in [3.05, 3.63) is 46.2 Å². The molecule has 0 spiro atoms. The van der Waals surface area contributed by atoms with Crippen LogP contribution in [0, 0.1) is 0 Å². The second kappa shape index (κ2) is 10.8. The lowest BCUT2D eigenvalue weighted by atomic mass is 10.1. The summed E-state index contributed by atoms with van der Waals surface area (Å²) in [7, 11) is 6.99. The van der Waals surface area contributed by atoms with Gasteiger partial charge in [0, 0.05) is 52.8 Å². The summed E-state index contributed by atoms with van der Waals surface area (Å²) in [6.45, 7) is 1.31. The van der Waals surface area contributed by atoms with E-state index in [0.717, 1.165) is 11.3 Å². The van der Waals surface area contributed by atoms with Crippen molar-refractivity contribution in [2.45, 2.75) is 6.54 Å². The highest BCUT2D eigenvalue weighted by Gasteiger charge is 2.19. The second-order valence-electron chi connectivity index (χ2n) is 6.42. The molecule has 28 heavy (non-hydrogen) atoms. The predicted octanol–water partition coefficient (Wildman–Crippen LogP) is 2.69. The van der Waals surface area contributed by atoms with Crippen LogP contribution in [-0.4, -0.2) is 64.8 Å². The Bertz CT molecular complexity index is 778. The van der Waals surface area contributed by atoms with Gasteiger partial charge in [0.25, 0.3) is 5.91 Å². The molecule has 0 saturated heterocycles. The number of thiophene rings is 1. The van der Waals surface area contributed by atoms with Crippen LogP contribution in [0.3, 0.4) is 0 Å². The molecule has 7 nitrogen and oxygen atoms in total. The van der Waals surface area contributed by atoms with Crippen molar-refractivity contribution < 1.29 is 19.1 Å². The highest BCUT2D eigenvalue weighted by molar-refractivity contribution is 7.12. The lowest BCUT2D eigenvalue weighted by Crippen LogP contribution is -2.33. The molecule has 2 amide bonds. The Morgan fingerprint density at radius 1 is 1.14 bits per heavy atom. The highest BCUT2D eigenvalue weighted by atomic mass is 32.1. The standard InChI is InChI=1S/C20H27N3O4S/c1-22(2)17-8-7-16(21-19(24)14-27-4)12-15(17)13-23(9-10-26-3)20(25)18-6-5-11-28-18/h5-8,11-12H,9-10,13-14H2,1-4H3,(H,21,24). The van der Waals surface area contributed by atoms with E-state index in [1.165, 1.54) is 18.4 Å². The molecule has 0 atom stereocenters. The summed E-state index contributed by atoms with van der Waals surface area (Å²) in [5.41, 5.74) is 2.57. The van der Waals surface area contributed by atoms with Crippen LogP contribution in [0.25, 0.3) is 0 Å². The van der Waals surface area contributed by atoms with Gasteiger partial charge in [-0.1, -0.05) is 6.07 Å². The zero-order chi connectivity index (χ0) is 20.5. The first-order valence-electron chi connectivity index (χ1n) is 8.87. The van der Waals surface area contributed by atoms with Crippen LogP contribution in [0.5, 0.6) is 0 Å². The summed E-state index contributed by atoms with van der Waals surface area (Å²) in [5, 5.41) is 4.70. The molecule has 0 fully saturated rings. The molecule has 0 aliphatic carbocycles. The normalized spacial score (nSPS) is 10.6. The molecule has 8 heteroatoms. The van der Waals surface area contributed by atoms with Crippen LogP contribution in [0.4, 0.5) is 11.4 Å². The Kier molecular flexibility index (Phi) is 8.43. The fourth-order valence-corrected chi connectivity index (χ4v) is 3.46. The minimum absolute atomic E-state index is 0.0123. The largest absolute Gasteiger partial charge is 0.383 e. The first kappa shape index (κ1) is 21.9. The van der Waals surface area contributed by atoms with Gasteiger partial charge in [0.1, 0.15) is 6.61 Å². The second-order valence-corrected chi connectivity index (χ2v) is 7.36. The number of benzene rings is 1. The van der Waals surface area contributed by atoms with Gasteiger partial charge in [-0.25, -0.2) is 0 Å². The Morgan fingerprint density at radius 2 is 1.93 bits per heavy atom. The molecule has 1 heterocycles. The van der Waals surface area contributed by atoms with E-state index in [0.29, 0.717) is 30.3 Å². The van der Waals surface area contributed by atoms with Gasteiger partial charge >= 0.3 is 0 Å². The van der Waals surface area contributed by atoms with E-state index >= 15 is 0 Å². The van der Waals surface area contributed by atoms with Gasteiger partial charge < -0.3 is 24.6 Å². The van der Waals surface area contributed by atoms with Gasteiger partial charge in [-0.05, 0) is 35.2 Å². The quantitative estimate of drug-likeness (QED) is 0.658. The number of methoxy groups -OCH3 is 2. The third-order valence-corrected chi connectivity index (χ3v) is 4.92. The smallest absolute Gasteiger partial charge is 0.264 e. The van der Waals surface area contributed by atoms with Gasteiger partial charge in [-0.15, -0.1) is 11.3 Å². The fraction of sp³-hybridized carbons (Fsp3) is 0.400. The first-order chi connectivity index (χ1) is 13.5. The molecule has 0 unspecified atom stereocenters. The number of amides is 2. The number of ether oxygens (including phenoxy) is 2. The molecule has 0 bridgehead atoms. The van der Waals surface area contributed by atoms with Gasteiger partial charge in [0.05, 0.1) is 11.5 Å². The zero-order valence-electron chi connectivity index (χ0n) is 16.7. The maximum atomic E-state index is 12.9. The predicted molar refractivity (Wildman–Crippen MR) is 112 cm³/mol. The number of hydrogen-bond donors (Lipinski definition) is 1. The monoisotopic (exact) mass is 405 g/mol. The number of nitrogens with one attached hydrogen (secondary N) is 1. The topological polar surface area (TPSA) is 71.1 Å². The van der Waals surface area contributed by atoms with Gasteiger partial charge in [0.2, 0.25) is 5.91 Å². The molecule has 152 valence electrons. The Labute approximate surface area is 169 Å². The summed E-state index contributed by atoms with van der Waals surface area (Å²) >= 11 is 1.42. The SMILES string of the molecule is COCCN(Cc1cc(NC(=O)COC)ccc1N(C)C)C(=O)c1cccs1. The number of hydrogen-bond acceptors (Lipinski definition) is 6. The van der Waals surface area contributed by atoms with E-state index in [1.807, 2.05) is 54.7 Å². The third-order valence-electron chi connectivity index (χ3n) is 4.07. The van der Waals surface area contributed by atoms with Crippen LogP contribution in [-0.2, 0) is 20.8 Å². The van der Waals surface area contributed by atoms with E-state index in [2.05, 4.69) is 5.32 Å². The van der Waals surface area contributed by atoms with E-state index < -0.39 is 0 Å². The lowest BCUT2D eigenvalue weighted by molar-refractivity contribution is -0.119. The number of carbonyl (C=O) groups is 2. The first-order valence-corrected chi connectivity index (χ1v) is 9.75. The molecular formula is C20H27N3O4S. The summed E-state index contributed by atoms with van der Waals surface area (Å²) in [4.78, 5) is 29.2. The van der Waals surface area contributed by atoms with Gasteiger partial charge in [-0.3, -0.25) is 9.59 Å². The van der Waals surface area contributed by atoms with E-state index in [4.69, 9.17) is 9.47 Å². The molecule has 2 rings (SSSR count). The number of nitrogens with zero attached hydrogens (tertiary/aromatic N) is 2. The van der Waals surface area contributed by atoms with Crippen molar-refractivity contribution in [2.24, 2.45) is 0 Å². The lowest BCUT2D eigenvalue weighted by Gasteiger charge is -2.26. The van der Waals surface area contributed by atoms with Crippen LogP contribution >= 0.6 is 11.3 Å². The van der Waals surface area contributed by atoms with Gasteiger partial charge in [0.15, 0.2) is 0 Å². The zero-order valence-corrected chi connectivity index (χ0v) is 17.5. The molecular weight excluding hydrogens is 378 g/mol. The van der Waals surface area contributed by atoms with Crippen molar-refractivity contribution in [1.82, 2.24) is 4.90 Å². The summed E-state index contributed by atoms with van der Waals surface area (Å²) in [6, 6.07) is 9.35. The average Bonchev–Trinajstić information content (AvgIpc) is 3.19. The molecule has 0 aliphatic heterocycles. The molecule has 0 saturated carbocycles. The summed E-state index contributed by atoms with van der Waals surface area (Å²) in [5.74, 6) is -0.262. The molecule has 1 N–H and O–H groups in total. The molecule has 1 aromatic heterocycles. The van der Waals surface area contributed by atoms with E-state index in [9.17, 15) is 9.59 Å². The van der Waals surface area contributed by atoms with Crippen molar-refractivity contribution in [3.8, 4) is 0 Å². The molecule has 0 aliphatic rings. The van der Waals surface area contributed by atoms with E-state index in [-0.39, 0.29) is 18.4 Å². The molecule has 1 aromatic carbocycles. The maximum absolute atomic E-state index is 12.9. The van der Waals surface area contributed by atoms with Gasteiger partial charge in [-0.2, -0.15) is 0 Å². The minimum Gasteiger partial charge on any atom is -0.383 e. The fourth-order valence-electron chi connectivity index (χ4n) is 2.77. The summed E-state index contributed by atoms with van der Waals surface area (Å²) < 4.78 is 10.1. The third kappa shape index (κ3) is 6.05. The Hall–Kier alpha value is -2.42. The molecule has 0 radical (unpaired) electrons. The van der Waals surface area contributed by atoms with Crippen molar-refractivity contribution in [3.63, 3.8) is 0 Å². The highest BCUT2D eigenvalue weighted by Crippen LogP contribution is 2.25. The van der Waals surface area contributed by atoms with Crippen LogP contribution in [0.2, 0.25) is 0 Å². The Morgan fingerprint density at radius 3 is 2.54 bits per heavy atom. The van der Waals surface area contributed by atoms with Crippen LogP contribution < -0.4 is 10.2 Å². The number of anilines is 2. The van der Waals surface area contributed by atoms with Crippen molar-refractivity contribution in [1.29, 1.82) is 0 Å². The van der Waals surface area contributed by atoms with Crippen LogP contribution in [0.15, 0.2) is 35.7 Å².